The zero-order valence-corrected chi connectivity index (χ0v) is 13.0. The molecule has 0 saturated carbocycles. The van der Waals surface area contributed by atoms with E-state index in [2.05, 4.69) is 5.32 Å². The van der Waals surface area contributed by atoms with E-state index in [1.807, 2.05) is 30.3 Å². The molecule has 0 radical (unpaired) electrons. The van der Waals surface area contributed by atoms with Gasteiger partial charge in [0.25, 0.3) is 5.56 Å². The van der Waals surface area contributed by atoms with E-state index in [0.717, 1.165) is 10.1 Å². The first-order valence-electron chi connectivity index (χ1n) is 7.07. The van der Waals surface area contributed by atoms with Crippen LogP contribution < -0.4 is 16.6 Å². The predicted octanol–water partition coefficient (Wildman–Crippen LogP) is 0.0813. The Hall–Kier alpha value is -2.18. The van der Waals surface area contributed by atoms with Gasteiger partial charge in [-0.2, -0.15) is 0 Å². The zero-order valence-electron chi connectivity index (χ0n) is 13.0. The molecule has 0 amide bonds. The first-order chi connectivity index (χ1) is 10.3. The topological polar surface area (TPSA) is 76.3 Å². The second-order valence-electron chi connectivity index (χ2n) is 5.66. The van der Waals surface area contributed by atoms with Crippen LogP contribution in [0, 0.1) is 0 Å². The number of rotatable bonds is 5. The van der Waals surface area contributed by atoms with E-state index in [-0.39, 0.29) is 17.8 Å². The van der Waals surface area contributed by atoms with Crippen LogP contribution in [-0.4, -0.2) is 20.8 Å². The number of nitrogens with one attached hydrogen (secondary N) is 1. The van der Waals surface area contributed by atoms with Crippen LogP contribution >= 0.6 is 0 Å². The van der Waals surface area contributed by atoms with Gasteiger partial charge in [-0.1, -0.05) is 30.3 Å². The number of benzene rings is 1. The Bertz CT molecular complexity index is 760. The van der Waals surface area contributed by atoms with Crippen LogP contribution in [0.1, 0.15) is 18.1 Å². The highest BCUT2D eigenvalue weighted by Gasteiger charge is 2.22. The Morgan fingerprint density at radius 3 is 2.45 bits per heavy atom. The normalized spacial score (nSPS) is 13.8. The summed E-state index contributed by atoms with van der Waals surface area (Å²) in [5.41, 5.74) is -0.433. The van der Waals surface area contributed by atoms with E-state index >= 15 is 0 Å². The molecule has 0 aliphatic rings. The van der Waals surface area contributed by atoms with E-state index < -0.39 is 5.60 Å². The Morgan fingerprint density at radius 2 is 1.82 bits per heavy atom. The monoisotopic (exact) mass is 303 g/mol. The molecule has 22 heavy (non-hydrogen) atoms. The fourth-order valence-electron chi connectivity index (χ4n) is 2.34. The quantitative estimate of drug-likeness (QED) is 0.820. The van der Waals surface area contributed by atoms with Crippen molar-refractivity contribution >= 4 is 0 Å². The predicted molar refractivity (Wildman–Crippen MR) is 84.6 cm³/mol. The molecule has 2 rings (SSSR count). The molecule has 1 heterocycles. The molecule has 1 atom stereocenters. The summed E-state index contributed by atoms with van der Waals surface area (Å²) in [4.78, 5) is 23.6. The number of nitrogens with zero attached hydrogens (tertiary/aromatic N) is 2. The molecule has 1 aromatic heterocycles. The second-order valence-corrected chi connectivity index (χ2v) is 5.66. The minimum absolute atomic E-state index is 0.282. The summed E-state index contributed by atoms with van der Waals surface area (Å²) in [7, 11) is 3.06. The van der Waals surface area contributed by atoms with Crippen LogP contribution in [0.3, 0.4) is 0 Å². The number of aromatic nitrogens is 2. The van der Waals surface area contributed by atoms with E-state index in [4.69, 9.17) is 0 Å². The van der Waals surface area contributed by atoms with Gasteiger partial charge in [0.2, 0.25) is 0 Å². The average molecular weight is 303 g/mol. The molecular weight excluding hydrogens is 282 g/mol. The van der Waals surface area contributed by atoms with Crippen LogP contribution in [-0.2, 0) is 26.2 Å². The Balaban J connectivity index is 2.09. The maximum Gasteiger partial charge on any atom is 0.330 e. The van der Waals surface area contributed by atoms with Crippen molar-refractivity contribution in [1.82, 2.24) is 14.5 Å². The minimum atomic E-state index is -1.03. The molecule has 0 aliphatic carbocycles. The third-order valence-electron chi connectivity index (χ3n) is 3.70. The Kier molecular flexibility index (Phi) is 4.63. The molecule has 2 aromatic rings. The highest BCUT2D eigenvalue weighted by atomic mass is 16.3. The van der Waals surface area contributed by atoms with Crippen LogP contribution in [0.4, 0.5) is 0 Å². The van der Waals surface area contributed by atoms with Gasteiger partial charge >= 0.3 is 5.69 Å². The lowest BCUT2D eigenvalue weighted by atomic mass is 9.96. The van der Waals surface area contributed by atoms with Crippen molar-refractivity contribution in [2.45, 2.75) is 19.1 Å². The number of aryl methyl sites for hydroxylation is 1. The lowest BCUT2D eigenvalue weighted by molar-refractivity contribution is 0.0566. The molecule has 0 spiro atoms. The molecule has 6 nitrogen and oxygen atoms in total. The molecule has 0 saturated heterocycles. The third kappa shape index (κ3) is 3.35. The highest BCUT2D eigenvalue weighted by molar-refractivity contribution is 5.21. The molecule has 0 fully saturated rings. The standard InChI is InChI=1S/C16H21N3O3/c1-16(22,13-7-5-4-6-8-13)11-17-9-12-10-18(2)15(21)19(3)14(12)20/h4-8,10,17,22H,9,11H2,1-3H3. The van der Waals surface area contributed by atoms with E-state index in [1.165, 1.54) is 17.8 Å². The van der Waals surface area contributed by atoms with Crippen molar-refractivity contribution in [1.29, 1.82) is 0 Å². The lowest BCUT2D eigenvalue weighted by Crippen LogP contribution is -2.41. The summed E-state index contributed by atoms with van der Waals surface area (Å²) in [5, 5.41) is 13.6. The average Bonchev–Trinajstić information content (AvgIpc) is 2.51. The summed E-state index contributed by atoms with van der Waals surface area (Å²) < 4.78 is 2.44. The highest BCUT2D eigenvalue weighted by Crippen LogP contribution is 2.18. The van der Waals surface area contributed by atoms with Crippen molar-refractivity contribution in [2.24, 2.45) is 14.1 Å². The molecular formula is C16H21N3O3. The van der Waals surface area contributed by atoms with Crippen molar-refractivity contribution in [3.8, 4) is 0 Å². The Labute approximate surface area is 128 Å². The van der Waals surface area contributed by atoms with Gasteiger partial charge in [0.05, 0.1) is 5.60 Å². The number of hydrogen-bond donors (Lipinski definition) is 2. The van der Waals surface area contributed by atoms with Gasteiger partial charge in [0, 0.05) is 38.9 Å². The molecule has 0 aliphatic heterocycles. The fraction of sp³-hybridized carbons (Fsp3) is 0.375. The first-order valence-corrected chi connectivity index (χ1v) is 7.07. The lowest BCUT2D eigenvalue weighted by Gasteiger charge is -2.24. The van der Waals surface area contributed by atoms with Gasteiger partial charge in [-0.25, -0.2) is 4.79 Å². The molecule has 2 N–H and O–H groups in total. The first kappa shape index (κ1) is 16.2. The summed E-state index contributed by atoms with van der Waals surface area (Å²) >= 11 is 0. The van der Waals surface area contributed by atoms with Gasteiger partial charge in [0.15, 0.2) is 0 Å². The summed E-state index contributed by atoms with van der Waals surface area (Å²) in [6, 6.07) is 9.33. The molecule has 0 bridgehead atoms. The van der Waals surface area contributed by atoms with Crippen molar-refractivity contribution in [3.63, 3.8) is 0 Å². The molecule has 118 valence electrons. The smallest absolute Gasteiger partial charge is 0.330 e. The van der Waals surface area contributed by atoms with Gasteiger partial charge in [-0.3, -0.25) is 9.36 Å². The summed E-state index contributed by atoms with van der Waals surface area (Å²) in [5.74, 6) is 0. The Morgan fingerprint density at radius 1 is 1.18 bits per heavy atom. The molecule has 6 heteroatoms. The minimum Gasteiger partial charge on any atom is -0.384 e. The van der Waals surface area contributed by atoms with E-state index in [9.17, 15) is 14.7 Å². The maximum absolute atomic E-state index is 12.0. The SMILES string of the molecule is Cn1cc(CNCC(C)(O)c2ccccc2)c(=O)n(C)c1=O. The number of hydrogen-bond acceptors (Lipinski definition) is 4. The summed E-state index contributed by atoms with van der Waals surface area (Å²) in [6.07, 6.45) is 1.52. The largest absolute Gasteiger partial charge is 0.384 e. The number of aliphatic hydroxyl groups is 1. The maximum atomic E-state index is 12.0. The van der Waals surface area contributed by atoms with Crippen molar-refractivity contribution in [2.75, 3.05) is 6.54 Å². The van der Waals surface area contributed by atoms with Gasteiger partial charge in [-0.05, 0) is 12.5 Å². The van der Waals surface area contributed by atoms with E-state index in [0.29, 0.717) is 12.1 Å². The summed E-state index contributed by atoms with van der Waals surface area (Å²) in [6.45, 7) is 2.29. The van der Waals surface area contributed by atoms with E-state index in [1.54, 1.807) is 14.0 Å². The second kappa shape index (κ2) is 6.29. The van der Waals surface area contributed by atoms with Crippen LogP contribution in [0.2, 0.25) is 0 Å². The van der Waals surface area contributed by atoms with Crippen molar-refractivity contribution < 1.29 is 5.11 Å². The molecule has 1 aromatic carbocycles. The van der Waals surface area contributed by atoms with Crippen LogP contribution in [0.25, 0.3) is 0 Å². The molecule has 1 unspecified atom stereocenters. The van der Waals surface area contributed by atoms with Gasteiger partial charge in [0.1, 0.15) is 0 Å². The van der Waals surface area contributed by atoms with Crippen molar-refractivity contribution in [3.05, 3.63) is 68.5 Å². The van der Waals surface area contributed by atoms with Crippen LogP contribution in [0.5, 0.6) is 0 Å². The van der Waals surface area contributed by atoms with Gasteiger partial charge in [-0.15, -0.1) is 0 Å². The van der Waals surface area contributed by atoms with Crippen LogP contribution in [0.15, 0.2) is 46.1 Å². The van der Waals surface area contributed by atoms with Gasteiger partial charge < -0.3 is 15.0 Å². The third-order valence-corrected chi connectivity index (χ3v) is 3.70. The fourth-order valence-corrected chi connectivity index (χ4v) is 2.34. The zero-order chi connectivity index (χ0) is 16.3.